The van der Waals surface area contributed by atoms with E-state index in [-0.39, 0.29) is 11.8 Å². The van der Waals surface area contributed by atoms with Crippen LogP contribution in [-0.4, -0.2) is 17.4 Å². The molecule has 1 heterocycles. The summed E-state index contributed by atoms with van der Waals surface area (Å²) in [5, 5.41) is 8.84. The van der Waals surface area contributed by atoms with Crippen molar-refractivity contribution in [1.82, 2.24) is 4.90 Å². The molecular formula is C19H28N2O2. The van der Waals surface area contributed by atoms with E-state index < -0.39 is 0 Å². The third-order valence-corrected chi connectivity index (χ3v) is 4.89. The maximum Gasteiger partial charge on any atom is 0.226 e. The van der Waals surface area contributed by atoms with Crippen molar-refractivity contribution in [3.8, 4) is 6.07 Å². The predicted molar refractivity (Wildman–Crippen MR) is 89.3 cm³/mol. The summed E-state index contributed by atoms with van der Waals surface area (Å²) in [7, 11) is 0. The van der Waals surface area contributed by atoms with Crippen molar-refractivity contribution in [3.05, 3.63) is 24.2 Å². The maximum absolute atomic E-state index is 12.8. The van der Waals surface area contributed by atoms with Crippen molar-refractivity contribution in [2.24, 2.45) is 11.8 Å². The molecule has 1 aromatic heterocycles. The molecule has 1 amide bonds. The Morgan fingerprint density at radius 3 is 2.78 bits per heavy atom. The summed E-state index contributed by atoms with van der Waals surface area (Å²) in [6.07, 6.45) is 10.2. The average Bonchev–Trinajstić information content (AvgIpc) is 3.09. The van der Waals surface area contributed by atoms with Gasteiger partial charge in [-0.2, -0.15) is 5.26 Å². The largest absolute Gasteiger partial charge is 0.467 e. The van der Waals surface area contributed by atoms with Gasteiger partial charge in [-0.1, -0.05) is 26.2 Å². The van der Waals surface area contributed by atoms with Gasteiger partial charge in [-0.3, -0.25) is 4.79 Å². The monoisotopic (exact) mass is 316 g/mol. The number of amides is 1. The summed E-state index contributed by atoms with van der Waals surface area (Å²) in [4.78, 5) is 14.6. The van der Waals surface area contributed by atoms with Gasteiger partial charge >= 0.3 is 0 Å². The van der Waals surface area contributed by atoms with E-state index in [0.29, 0.717) is 19.5 Å². The summed E-state index contributed by atoms with van der Waals surface area (Å²) < 4.78 is 5.37. The quantitative estimate of drug-likeness (QED) is 0.708. The van der Waals surface area contributed by atoms with Crippen molar-refractivity contribution >= 4 is 5.91 Å². The topological polar surface area (TPSA) is 57.2 Å². The number of carbonyl (C=O) groups is 1. The number of furan rings is 1. The fourth-order valence-electron chi connectivity index (χ4n) is 3.49. The standard InChI is InChI=1S/C19H28N2O2/c1-2-3-6-16-8-10-17(11-9-16)19(22)21(13-5-12-20)15-18-7-4-14-23-18/h4,7,14,16-17H,2-3,5-6,8-11,13,15H2,1H3. The van der Waals surface area contributed by atoms with Crippen LogP contribution in [-0.2, 0) is 11.3 Å². The zero-order valence-corrected chi connectivity index (χ0v) is 14.2. The van der Waals surface area contributed by atoms with Gasteiger partial charge in [0, 0.05) is 12.5 Å². The normalized spacial score (nSPS) is 20.9. The average molecular weight is 316 g/mol. The molecule has 1 aromatic rings. The fraction of sp³-hybridized carbons (Fsp3) is 0.684. The van der Waals surface area contributed by atoms with Crippen LogP contribution < -0.4 is 0 Å². The van der Waals surface area contributed by atoms with Crippen molar-refractivity contribution in [3.63, 3.8) is 0 Å². The van der Waals surface area contributed by atoms with Crippen LogP contribution >= 0.6 is 0 Å². The summed E-state index contributed by atoms with van der Waals surface area (Å²) in [6, 6.07) is 5.86. The smallest absolute Gasteiger partial charge is 0.226 e. The lowest BCUT2D eigenvalue weighted by atomic mass is 9.79. The first-order chi connectivity index (χ1) is 11.2. The second-order valence-electron chi connectivity index (χ2n) is 6.61. The van der Waals surface area contributed by atoms with Crippen LogP contribution in [0.2, 0.25) is 0 Å². The fourth-order valence-corrected chi connectivity index (χ4v) is 3.49. The lowest BCUT2D eigenvalue weighted by Gasteiger charge is -2.31. The third kappa shape index (κ3) is 5.42. The minimum atomic E-state index is 0.126. The Morgan fingerprint density at radius 1 is 1.39 bits per heavy atom. The van der Waals surface area contributed by atoms with E-state index in [1.807, 2.05) is 12.1 Å². The van der Waals surface area contributed by atoms with Crippen LogP contribution in [0.3, 0.4) is 0 Å². The Morgan fingerprint density at radius 2 is 2.17 bits per heavy atom. The highest BCUT2D eigenvalue weighted by molar-refractivity contribution is 5.78. The Bertz CT molecular complexity index is 496. The van der Waals surface area contributed by atoms with Crippen LogP contribution in [0.25, 0.3) is 0 Å². The summed E-state index contributed by atoms with van der Waals surface area (Å²) in [6.45, 7) is 3.20. The Kier molecular flexibility index (Phi) is 7.19. The molecule has 0 spiro atoms. The number of carbonyl (C=O) groups excluding carboxylic acids is 1. The highest BCUT2D eigenvalue weighted by atomic mass is 16.3. The number of nitriles is 1. The second-order valence-corrected chi connectivity index (χ2v) is 6.61. The van der Waals surface area contributed by atoms with Gasteiger partial charge in [0.2, 0.25) is 5.91 Å². The van der Waals surface area contributed by atoms with Gasteiger partial charge in [0.15, 0.2) is 0 Å². The molecular weight excluding hydrogens is 288 g/mol. The van der Waals surface area contributed by atoms with Gasteiger partial charge in [0.05, 0.1) is 25.3 Å². The van der Waals surface area contributed by atoms with E-state index in [1.165, 1.54) is 32.1 Å². The van der Waals surface area contributed by atoms with Crippen molar-refractivity contribution < 1.29 is 9.21 Å². The molecule has 4 heteroatoms. The van der Waals surface area contributed by atoms with Gasteiger partial charge in [-0.05, 0) is 43.7 Å². The van der Waals surface area contributed by atoms with Crippen LogP contribution in [0.1, 0.15) is 64.1 Å². The summed E-state index contributed by atoms with van der Waals surface area (Å²) in [5.74, 6) is 1.91. The minimum Gasteiger partial charge on any atom is -0.467 e. The number of rotatable bonds is 8. The Labute approximate surface area is 139 Å². The Hall–Kier alpha value is -1.76. The van der Waals surface area contributed by atoms with E-state index >= 15 is 0 Å². The van der Waals surface area contributed by atoms with Gasteiger partial charge in [-0.15, -0.1) is 0 Å². The van der Waals surface area contributed by atoms with Crippen LogP contribution in [0.5, 0.6) is 0 Å². The molecule has 4 nitrogen and oxygen atoms in total. The highest BCUT2D eigenvalue weighted by Gasteiger charge is 2.29. The lowest BCUT2D eigenvalue weighted by molar-refractivity contribution is -0.137. The van der Waals surface area contributed by atoms with Crippen LogP contribution in [0, 0.1) is 23.2 Å². The van der Waals surface area contributed by atoms with Gasteiger partial charge in [0.25, 0.3) is 0 Å². The number of hydrogen-bond acceptors (Lipinski definition) is 3. The van der Waals surface area contributed by atoms with E-state index in [9.17, 15) is 4.79 Å². The van der Waals surface area contributed by atoms with E-state index in [2.05, 4.69) is 13.0 Å². The second kappa shape index (κ2) is 9.39. The first kappa shape index (κ1) is 17.6. The summed E-state index contributed by atoms with van der Waals surface area (Å²) >= 11 is 0. The van der Waals surface area contributed by atoms with Gasteiger partial charge in [-0.25, -0.2) is 0 Å². The molecule has 0 bridgehead atoms. The first-order valence-corrected chi connectivity index (χ1v) is 8.92. The number of hydrogen-bond donors (Lipinski definition) is 0. The van der Waals surface area contributed by atoms with Gasteiger partial charge in [0.1, 0.15) is 5.76 Å². The summed E-state index contributed by atoms with van der Waals surface area (Å²) in [5.41, 5.74) is 0. The molecule has 1 fully saturated rings. The minimum absolute atomic E-state index is 0.126. The molecule has 1 saturated carbocycles. The molecule has 1 aliphatic carbocycles. The molecule has 0 radical (unpaired) electrons. The highest BCUT2D eigenvalue weighted by Crippen LogP contribution is 2.33. The van der Waals surface area contributed by atoms with Crippen molar-refractivity contribution in [1.29, 1.82) is 5.26 Å². The molecule has 0 aromatic carbocycles. The Balaban J connectivity index is 1.88. The zero-order chi connectivity index (χ0) is 16.5. The molecule has 0 saturated heterocycles. The molecule has 0 aliphatic heterocycles. The zero-order valence-electron chi connectivity index (χ0n) is 14.2. The SMILES string of the molecule is CCCCC1CCC(C(=O)N(CCC#N)Cc2ccco2)CC1. The maximum atomic E-state index is 12.8. The van der Waals surface area contributed by atoms with Crippen molar-refractivity contribution in [2.45, 2.75) is 64.8 Å². The van der Waals surface area contributed by atoms with Crippen LogP contribution in [0.15, 0.2) is 22.8 Å². The number of nitrogens with zero attached hydrogens (tertiary/aromatic N) is 2. The molecule has 0 unspecified atom stereocenters. The molecule has 126 valence electrons. The molecule has 23 heavy (non-hydrogen) atoms. The van der Waals surface area contributed by atoms with Crippen LogP contribution in [0.4, 0.5) is 0 Å². The van der Waals surface area contributed by atoms with Gasteiger partial charge < -0.3 is 9.32 Å². The molecule has 0 atom stereocenters. The lowest BCUT2D eigenvalue weighted by Crippen LogP contribution is -2.37. The third-order valence-electron chi connectivity index (χ3n) is 4.89. The van der Waals surface area contributed by atoms with E-state index in [0.717, 1.165) is 24.5 Å². The predicted octanol–water partition coefficient (Wildman–Crippen LogP) is 4.52. The van der Waals surface area contributed by atoms with E-state index in [1.54, 1.807) is 11.2 Å². The first-order valence-electron chi connectivity index (χ1n) is 8.92. The number of unbranched alkanes of at least 4 members (excludes halogenated alkanes) is 1. The van der Waals surface area contributed by atoms with E-state index in [4.69, 9.17) is 9.68 Å². The molecule has 0 N–H and O–H groups in total. The molecule has 2 rings (SSSR count). The van der Waals surface area contributed by atoms with Crippen molar-refractivity contribution in [2.75, 3.05) is 6.54 Å². The molecule has 1 aliphatic rings.